The van der Waals surface area contributed by atoms with Gasteiger partial charge in [0.05, 0.1) is 6.07 Å². The molecule has 1 amide bonds. The molecule has 0 radical (unpaired) electrons. The Bertz CT molecular complexity index is 361. The Hall–Kier alpha value is -1.12. The van der Waals surface area contributed by atoms with Crippen LogP contribution >= 0.6 is 0 Å². The highest BCUT2D eigenvalue weighted by Gasteiger charge is 2.43. The molecule has 0 aliphatic carbocycles. The lowest BCUT2D eigenvalue weighted by atomic mass is 9.80. The number of nitrogens with zero attached hydrogens (tertiary/aromatic N) is 3. The lowest BCUT2D eigenvalue weighted by Gasteiger charge is -2.40. The molecule has 2 aliphatic rings. The normalized spacial score (nSPS) is 24.2. The molecule has 2 fully saturated rings. The predicted molar refractivity (Wildman–Crippen MR) is 71.4 cm³/mol. The first-order valence-electron chi connectivity index (χ1n) is 7.11. The summed E-state index contributed by atoms with van der Waals surface area (Å²) in [5.41, 5.74) is -0.835. The van der Waals surface area contributed by atoms with E-state index in [9.17, 15) is 10.1 Å². The minimum atomic E-state index is -0.835. The van der Waals surface area contributed by atoms with E-state index in [1.807, 2.05) is 4.90 Å². The van der Waals surface area contributed by atoms with Gasteiger partial charge in [0, 0.05) is 45.4 Å². The van der Waals surface area contributed by atoms with Gasteiger partial charge >= 0.3 is 0 Å². The van der Waals surface area contributed by atoms with Crippen LogP contribution in [0.5, 0.6) is 0 Å². The van der Waals surface area contributed by atoms with Crippen molar-refractivity contribution in [2.75, 3.05) is 39.4 Å². The zero-order chi connectivity index (χ0) is 13.9. The van der Waals surface area contributed by atoms with Gasteiger partial charge in [-0.05, 0) is 26.7 Å². The highest BCUT2D eigenvalue weighted by atomic mass is 16.5. The van der Waals surface area contributed by atoms with E-state index in [0.29, 0.717) is 32.1 Å². The molecule has 0 aromatic rings. The molecular formula is C14H23N3O2. The van der Waals surface area contributed by atoms with Crippen molar-refractivity contribution < 1.29 is 9.53 Å². The molecule has 19 heavy (non-hydrogen) atoms. The maximum atomic E-state index is 12.6. The molecule has 2 rings (SSSR count). The summed E-state index contributed by atoms with van der Waals surface area (Å²) in [7, 11) is 0. The number of nitriles is 1. The first-order chi connectivity index (χ1) is 9.09. The molecule has 0 spiro atoms. The van der Waals surface area contributed by atoms with Crippen LogP contribution in [0.25, 0.3) is 0 Å². The number of ether oxygens (including phenoxy) is 1. The Kier molecular flexibility index (Phi) is 4.43. The summed E-state index contributed by atoms with van der Waals surface area (Å²) >= 11 is 0. The van der Waals surface area contributed by atoms with Gasteiger partial charge in [-0.25, -0.2) is 0 Å². The summed E-state index contributed by atoms with van der Waals surface area (Å²) in [6, 6.07) is 2.78. The van der Waals surface area contributed by atoms with Crippen molar-refractivity contribution in [3.8, 4) is 6.07 Å². The molecule has 0 bridgehead atoms. The number of rotatable bonds is 2. The van der Waals surface area contributed by atoms with Gasteiger partial charge in [-0.15, -0.1) is 0 Å². The topological polar surface area (TPSA) is 56.6 Å². The van der Waals surface area contributed by atoms with E-state index in [4.69, 9.17) is 4.74 Å². The van der Waals surface area contributed by atoms with Crippen molar-refractivity contribution >= 4 is 5.91 Å². The van der Waals surface area contributed by atoms with E-state index >= 15 is 0 Å². The molecule has 0 aromatic heterocycles. The largest absolute Gasteiger partial charge is 0.381 e. The third-order valence-corrected chi connectivity index (χ3v) is 4.30. The monoisotopic (exact) mass is 265 g/mol. The van der Waals surface area contributed by atoms with Crippen molar-refractivity contribution in [3.63, 3.8) is 0 Å². The first-order valence-corrected chi connectivity index (χ1v) is 7.11. The van der Waals surface area contributed by atoms with Gasteiger partial charge in [-0.3, -0.25) is 9.69 Å². The number of piperazine rings is 1. The third kappa shape index (κ3) is 2.90. The van der Waals surface area contributed by atoms with Gasteiger partial charge in [0.2, 0.25) is 5.91 Å². The van der Waals surface area contributed by atoms with Gasteiger partial charge in [-0.2, -0.15) is 5.26 Å². The summed E-state index contributed by atoms with van der Waals surface area (Å²) in [5, 5.41) is 9.42. The fraction of sp³-hybridized carbons (Fsp3) is 0.857. The molecule has 0 saturated carbocycles. The second kappa shape index (κ2) is 5.89. The summed E-state index contributed by atoms with van der Waals surface area (Å²) in [4.78, 5) is 16.8. The molecule has 5 nitrogen and oxygen atoms in total. The SMILES string of the molecule is CC(C)N1CCN(C(=O)C2(C#N)CCOCC2)CC1. The summed E-state index contributed by atoms with van der Waals surface area (Å²) in [6.07, 6.45) is 1.07. The molecule has 0 unspecified atom stereocenters. The molecule has 2 heterocycles. The molecule has 2 aliphatic heterocycles. The number of carbonyl (C=O) groups is 1. The van der Waals surface area contributed by atoms with E-state index in [1.54, 1.807) is 0 Å². The Labute approximate surface area is 115 Å². The number of amides is 1. The van der Waals surface area contributed by atoms with Crippen LogP contribution < -0.4 is 0 Å². The van der Waals surface area contributed by atoms with Crippen LogP contribution in [-0.2, 0) is 9.53 Å². The van der Waals surface area contributed by atoms with Gasteiger partial charge in [0.1, 0.15) is 5.41 Å². The fourth-order valence-corrected chi connectivity index (χ4v) is 2.84. The third-order valence-electron chi connectivity index (χ3n) is 4.30. The zero-order valence-corrected chi connectivity index (χ0v) is 11.9. The van der Waals surface area contributed by atoms with E-state index in [-0.39, 0.29) is 5.91 Å². The number of carbonyl (C=O) groups excluding carboxylic acids is 1. The van der Waals surface area contributed by atoms with Crippen LogP contribution in [0.1, 0.15) is 26.7 Å². The van der Waals surface area contributed by atoms with Crippen molar-refractivity contribution in [3.05, 3.63) is 0 Å². The van der Waals surface area contributed by atoms with Crippen LogP contribution in [0.3, 0.4) is 0 Å². The summed E-state index contributed by atoms with van der Waals surface area (Å²) in [6.45, 7) is 8.67. The molecule has 2 saturated heterocycles. The van der Waals surface area contributed by atoms with E-state index in [0.717, 1.165) is 26.2 Å². The molecule has 0 aromatic carbocycles. The lowest BCUT2D eigenvalue weighted by Crippen LogP contribution is -2.55. The summed E-state index contributed by atoms with van der Waals surface area (Å²) in [5.74, 6) is 0.0155. The highest BCUT2D eigenvalue weighted by Crippen LogP contribution is 2.32. The van der Waals surface area contributed by atoms with Gasteiger partial charge < -0.3 is 9.64 Å². The fourth-order valence-electron chi connectivity index (χ4n) is 2.84. The molecule has 5 heteroatoms. The van der Waals surface area contributed by atoms with Crippen molar-refractivity contribution in [2.24, 2.45) is 5.41 Å². The van der Waals surface area contributed by atoms with E-state index < -0.39 is 5.41 Å². The van der Waals surface area contributed by atoms with Crippen LogP contribution in [0.2, 0.25) is 0 Å². The number of hydrogen-bond acceptors (Lipinski definition) is 4. The average molecular weight is 265 g/mol. The molecule has 0 N–H and O–H groups in total. The van der Waals surface area contributed by atoms with Crippen LogP contribution in [-0.4, -0.2) is 61.1 Å². The van der Waals surface area contributed by atoms with Crippen molar-refractivity contribution in [1.82, 2.24) is 9.80 Å². The van der Waals surface area contributed by atoms with E-state index in [2.05, 4.69) is 24.8 Å². The van der Waals surface area contributed by atoms with Crippen molar-refractivity contribution in [2.45, 2.75) is 32.7 Å². The van der Waals surface area contributed by atoms with Crippen molar-refractivity contribution in [1.29, 1.82) is 5.26 Å². The predicted octanol–water partition coefficient (Wildman–Crippen LogP) is 0.859. The maximum absolute atomic E-state index is 12.6. The standard InChI is InChI=1S/C14H23N3O2/c1-12(2)16-5-7-17(8-6-16)13(18)14(11-15)3-9-19-10-4-14/h12H,3-10H2,1-2H3. The quantitative estimate of drug-likeness (QED) is 0.743. The minimum absolute atomic E-state index is 0.0155. The van der Waals surface area contributed by atoms with E-state index in [1.165, 1.54) is 0 Å². The van der Waals surface area contributed by atoms with Gasteiger partial charge in [0.25, 0.3) is 0 Å². The molecular weight excluding hydrogens is 242 g/mol. The maximum Gasteiger partial charge on any atom is 0.243 e. The Morgan fingerprint density at radius 2 is 1.79 bits per heavy atom. The van der Waals surface area contributed by atoms with Crippen LogP contribution in [0, 0.1) is 16.7 Å². The zero-order valence-electron chi connectivity index (χ0n) is 11.9. The van der Waals surface area contributed by atoms with Gasteiger partial charge in [0.15, 0.2) is 0 Å². The Balaban J connectivity index is 1.98. The van der Waals surface area contributed by atoms with Crippen LogP contribution in [0.15, 0.2) is 0 Å². The van der Waals surface area contributed by atoms with Gasteiger partial charge in [-0.1, -0.05) is 0 Å². The number of hydrogen-bond donors (Lipinski definition) is 0. The minimum Gasteiger partial charge on any atom is -0.381 e. The summed E-state index contributed by atoms with van der Waals surface area (Å²) < 4.78 is 5.28. The highest BCUT2D eigenvalue weighted by molar-refractivity contribution is 5.85. The lowest BCUT2D eigenvalue weighted by molar-refractivity contribution is -0.145. The second-order valence-corrected chi connectivity index (χ2v) is 5.73. The average Bonchev–Trinajstić information content (AvgIpc) is 2.47. The molecule has 106 valence electrons. The van der Waals surface area contributed by atoms with Crippen LogP contribution in [0.4, 0.5) is 0 Å². The Morgan fingerprint density at radius 3 is 2.26 bits per heavy atom. The smallest absolute Gasteiger partial charge is 0.243 e. The second-order valence-electron chi connectivity index (χ2n) is 5.73. The Morgan fingerprint density at radius 1 is 1.21 bits per heavy atom. The molecule has 0 atom stereocenters. The first kappa shape index (κ1) is 14.3.